The van der Waals surface area contributed by atoms with Crippen LogP contribution in [-0.4, -0.2) is 63.4 Å². The minimum absolute atomic E-state index is 0.164. The molecular formula is C26H24N4O4S2. The number of carbonyl (C=O) groups excluding carboxylic acids is 2. The lowest BCUT2D eigenvalue weighted by molar-refractivity contribution is -0.139. The van der Waals surface area contributed by atoms with E-state index in [4.69, 9.17) is 21.4 Å². The van der Waals surface area contributed by atoms with Crippen molar-refractivity contribution in [3.63, 3.8) is 0 Å². The van der Waals surface area contributed by atoms with Gasteiger partial charge >= 0.3 is 0 Å². The zero-order chi connectivity index (χ0) is 25.2. The third-order valence-corrected chi connectivity index (χ3v) is 9.58. The highest BCUT2D eigenvalue weighted by Crippen LogP contribution is 2.66. The van der Waals surface area contributed by atoms with E-state index in [9.17, 15) is 9.59 Å². The molecule has 2 fully saturated rings. The number of rotatable bonds is 4. The molecule has 8 nitrogen and oxygen atoms in total. The van der Waals surface area contributed by atoms with Crippen molar-refractivity contribution in [2.75, 3.05) is 32.6 Å². The molecule has 3 unspecified atom stereocenters. The average Bonchev–Trinajstić information content (AvgIpc) is 3.61. The summed E-state index contributed by atoms with van der Waals surface area (Å²) >= 11 is 7.13. The van der Waals surface area contributed by atoms with Crippen LogP contribution in [0, 0.1) is 0 Å². The molecule has 2 saturated heterocycles. The first-order valence-electron chi connectivity index (χ1n) is 11.5. The Hall–Kier alpha value is -3.21. The number of thioether (sulfide) groups is 1. The second-order valence-electron chi connectivity index (χ2n) is 9.25. The maximum absolute atomic E-state index is 14.7. The highest BCUT2D eigenvalue weighted by Gasteiger charge is 2.78. The predicted octanol–water partition coefficient (Wildman–Crippen LogP) is 3.38. The molecule has 6 rings (SSSR count). The molecule has 3 aliphatic heterocycles. The number of furan rings is 1. The number of amides is 2. The van der Waals surface area contributed by atoms with Crippen LogP contribution in [0.1, 0.15) is 22.8 Å². The van der Waals surface area contributed by atoms with Gasteiger partial charge < -0.3 is 14.1 Å². The largest absolute Gasteiger partial charge is 0.497 e. The fourth-order valence-corrected chi connectivity index (χ4v) is 8.21. The summed E-state index contributed by atoms with van der Waals surface area (Å²) in [4.78, 5) is 38.7. The van der Waals surface area contributed by atoms with E-state index in [1.165, 1.54) is 11.8 Å². The summed E-state index contributed by atoms with van der Waals surface area (Å²) < 4.78 is 10.3. The number of likely N-dealkylation sites (tertiary alicyclic amines) is 1. The first-order valence-corrected chi connectivity index (χ1v) is 12.7. The van der Waals surface area contributed by atoms with Crippen molar-refractivity contribution in [3.05, 3.63) is 78.0 Å². The van der Waals surface area contributed by atoms with Crippen molar-refractivity contribution in [1.82, 2.24) is 14.8 Å². The molecule has 0 aliphatic carbocycles. The smallest absolute Gasteiger partial charge is 0.254 e. The van der Waals surface area contributed by atoms with Gasteiger partial charge in [-0.2, -0.15) is 0 Å². The summed E-state index contributed by atoms with van der Waals surface area (Å²) in [7, 11) is 5.26. The number of methoxy groups -OCH3 is 1. The number of anilines is 1. The number of likely N-dealkylation sites (N-methyl/N-ethyl adjacent to an activating group) is 2. The SMILES string of the molecule is COc1ccc2c(c1)C1(C(=O)N2C)N(C)CC(c2cccnc2)C12SC(=S)N(Cc1ccco1)C2=O. The van der Waals surface area contributed by atoms with Gasteiger partial charge in [-0.05, 0) is 49.0 Å². The summed E-state index contributed by atoms with van der Waals surface area (Å²) in [6.07, 6.45) is 5.06. The van der Waals surface area contributed by atoms with Gasteiger partial charge in [-0.1, -0.05) is 30.0 Å². The van der Waals surface area contributed by atoms with E-state index in [1.54, 1.807) is 48.7 Å². The molecule has 0 N–H and O–H groups in total. The number of fused-ring (bicyclic) bond motifs is 3. The van der Waals surface area contributed by atoms with Crippen LogP contribution in [0.15, 0.2) is 65.5 Å². The number of nitrogens with zero attached hydrogens (tertiary/aromatic N) is 4. The quantitative estimate of drug-likeness (QED) is 0.485. The van der Waals surface area contributed by atoms with Gasteiger partial charge in [0.15, 0.2) is 5.54 Å². The Morgan fingerprint density at radius 3 is 2.72 bits per heavy atom. The minimum atomic E-state index is -1.30. The van der Waals surface area contributed by atoms with Crippen LogP contribution in [0.4, 0.5) is 5.69 Å². The van der Waals surface area contributed by atoms with Gasteiger partial charge in [-0.15, -0.1) is 0 Å². The highest BCUT2D eigenvalue weighted by molar-refractivity contribution is 8.25. The average molecular weight is 521 g/mol. The van der Waals surface area contributed by atoms with Gasteiger partial charge in [-0.25, -0.2) is 0 Å². The number of benzene rings is 1. The molecule has 10 heteroatoms. The Kier molecular flexibility index (Phi) is 5.26. The molecule has 2 spiro atoms. The van der Waals surface area contributed by atoms with E-state index >= 15 is 0 Å². The molecule has 184 valence electrons. The maximum Gasteiger partial charge on any atom is 0.254 e. The normalized spacial score (nSPS) is 27.6. The first kappa shape index (κ1) is 23.2. The second-order valence-corrected chi connectivity index (χ2v) is 11.1. The summed E-state index contributed by atoms with van der Waals surface area (Å²) in [5, 5.41) is 0. The van der Waals surface area contributed by atoms with E-state index in [-0.39, 0.29) is 24.3 Å². The fourth-order valence-electron chi connectivity index (χ4n) is 6.08. The van der Waals surface area contributed by atoms with E-state index in [2.05, 4.69) is 4.98 Å². The van der Waals surface area contributed by atoms with Crippen molar-refractivity contribution >= 4 is 45.8 Å². The van der Waals surface area contributed by atoms with E-state index in [0.29, 0.717) is 22.4 Å². The Labute approximate surface area is 218 Å². The molecule has 3 atom stereocenters. The van der Waals surface area contributed by atoms with Crippen LogP contribution < -0.4 is 9.64 Å². The van der Waals surface area contributed by atoms with Gasteiger partial charge in [0.2, 0.25) is 5.91 Å². The molecule has 5 heterocycles. The van der Waals surface area contributed by atoms with Crippen molar-refractivity contribution in [3.8, 4) is 5.75 Å². The van der Waals surface area contributed by atoms with E-state index in [0.717, 1.165) is 16.8 Å². The van der Waals surface area contributed by atoms with Gasteiger partial charge in [0.25, 0.3) is 5.91 Å². The van der Waals surface area contributed by atoms with Crippen LogP contribution in [0.2, 0.25) is 0 Å². The predicted molar refractivity (Wildman–Crippen MR) is 140 cm³/mol. The lowest BCUT2D eigenvalue weighted by atomic mass is 9.72. The van der Waals surface area contributed by atoms with E-state index < -0.39 is 10.3 Å². The molecule has 2 aromatic heterocycles. The van der Waals surface area contributed by atoms with Crippen LogP contribution in [0.3, 0.4) is 0 Å². The zero-order valence-corrected chi connectivity index (χ0v) is 21.6. The molecule has 1 aromatic carbocycles. The Morgan fingerprint density at radius 1 is 1.19 bits per heavy atom. The zero-order valence-electron chi connectivity index (χ0n) is 20.0. The fraction of sp³-hybridized carbons (Fsp3) is 0.308. The van der Waals surface area contributed by atoms with Gasteiger partial charge in [0.05, 0.1) is 19.9 Å². The molecule has 0 saturated carbocycles. The number of hydrogen-bond donors (Lipinski definition) is 0. The number of thiocarbonyl (C=S) groups is 1. The third kappa shape index (κ3) is 2.80. The van der Waals surface area contributed by atoms with Crippen LogP contribution in [0.25, 0.3) is 0 Å². The third-order valence-electron chi connectivity index (χ3n) is 7.64. The molecule has 3 aliphatic rings. The number of pyridine rings is 1. The first-order chi connectivity index (χ1) is 17.4. The van der Waals surface area contributed by atoms with E-state index in [1.807, 2.05) is 48.3 Å². The maximum atomic E-state index is 14.7. The number of hydrogen-bond acceptors (Lipinski definition) is 8. The van der Waals surface area contributed by atoms with Crippen molar-refractivity contribution in [2.24, 2.45) is 0 Å². The Bertz CT molecular complexity index is 1380. The summed E-state index contributed by atoms with van der Waals surface area (Å²) in [5.41, 5.74) is 1.08. The number of aromatic nitrogens is 1. The molecule has 36 heavy (non-hydrogen) atoms. The van der Waals surface area contributed by atoms with Crippen molar-refractivity contribution in [1.29, 1.82) is 0 Å². The molecule has 0 radical (unpaired) electrons. The number of carbonyl (C=O) groups is 2. The van der Waals surface area contributed by atoms with Gasteiger partial charge in [-0.3, -0.25) is 24.4 Å². The second kappa shape index (κ2) is 8.16. The lowest BCUT2D eigenvalue weighted by Crippen LogP contribution is -2.62. The van der Waals surface area contributed by atoms with Crippen LogP contribution in [0.5, 0.6) is 5.75 Å². The summed E-state index contributed by atoms with van der Waals surface area (Å²) in [6.45, 7) is 0.672. The van der Waals surface area contributed by atoms with Crippen molar-refractivity contribution < 1.29 is 18.7 Å². The van der Waals surface area contributed by atoms with Gasteiger partial charge in [0, 0.05) is 43.2 Å². The van der Waals surface area contributed by atoms with Gasteiger partial charge in [0.1, 0.15) is 20.6 Å². The molecule has 3 aromatic rings. The lowest BCUT2D eigenvalue weighted by Gasteiger charge is -2.42. The standard InChI is InChI=1S/C26H24N4O4S2/c1-28-15-20(16-6-4-10-27-13-16)26(23(32)30(24(35)36-26)14-18-7-5-11-34-18)25(28)19-12-17(33-3)8-9-21(19)29(2)22(25)31/h4-13,20H,14-15H2,1-3H3. The van der Waals surface area contributed by atoms with Crippen molar-refractivity contribution in [2.45, 2.75) is 22.7 Å². The highest BCUT2D eigenvalue weighted by atomic mass is 32.2. The monoisotopic (exact) mass is 520 g/mol. The molecular weight excluding hydrogens is 496 g/mol. The topological polar surface area (TPSA) is 79.1 Å². The number of ether oxygens (including phenoxy) is 1. The summed E-state index contributed by atoms with van der Waals surface area (Å²) in [5.74, 6) is 0.532. The molecule has 0 bridgehead atoms. The Morgan fingerprint density at radius 2 is 2.03 bits per heavy atom. The van der Waals surface area contributed by atoms with Crippen LogP contribution >= 0.6 is 24.0 Å². The molecule has 2 amide bonds. The summed E-state index contributed by atoms with van der Waals surface area (Å²) in [6, 6.07) is 13.0. The van der Waals surface area contributed by atoms with Crippen LogP contribution in [-0.2, 0) is 21.7 Å². The Balaban J connectivity index is 1.62. The minimum Gasteiger partial charge on any atom is -0.497 e.